The number of methoxy groups -OCH3 is 1. The number of nitrogens with zero attached hydrogens (tertiary/aromatic N) is 2. The van der Waals surface area contributed by atoms with E-state index in [4.69, 9.17) is 25.8 Å². The number of ether oxygens (including phenoxy) is 3. The highest BCUT2D eigenvalue weighted by molar-refractivity contribution is 7.07. The van der Waals surface area contributed by atoms with Crippen molar-refractivity contribution in [1.82, 2.24) is 4.57 Å². The lowest BCUT2D eigenvalue weighted by atomic mass is 9.96. The number of fused-ring (bicyclic) bond motifs is 2. The van der Waals surface area contributed by atoms with Crippen molar-refractivity contribution in [3.63, 3.8) is 0 Å². The summed E-state index contributed by atoms with van der Waals surface area (Å²) in [6.45, 7) is 4.03. The number of hydrogen-bond acceptors (Lipinski definition) is 7. The van der Waals surface area contributed by atoms with E-state index in [1.165, 1.54) is 11.3 Å². The summed E-state index contributed by atoms with van der Waals surface area (Å²) in [5.74, 6) is 0.367. The monoisotopic (exact) mass is 624 g/mol. The molecule has 1 atom stereocenters. The van der Waals surface area contributed by atoms with Gasteiger partial charge in [0.05, 0.1) is 40.6 Å². The van der Waals surface area contributed by atoms with Crippen molar-refractivity contribution < 1.29 is 19.0 Å². The van der Waals surface area contributed by atoms with Gasteiger partial charge in [0, 0.05) is 0 Å². The van der Waals surface area contributed by atoms with Crippen LogP contribution >= 0.6 is 22.9 Å². The predicted molar refractivity (Wildman–Crippen MR) is 173 cm³/mol. The van der Waals surface area contributed by atoms with Crippen molar-refractivity contribution in [3.8, 4) is 11.5 Å². The minimum Gasteiger partial charge on any atom is -0.493 e. The average molecular weight is 625 g/mol. The molecular weight excluding hydrogens is 596 g/mol. The number of carbonyl (C=O) groups excluding carboxylic acids is 1. The third kappa shape index (κ3) is 5.54. The van der Waals surface area contributed by atoms with Crippen molar-refractivity contribution in [1.29, 1.82) is 0 Å². The topological polar surface area (TPSA) is 79.1 Å². The molecule has 0 N–H and O–H groups in total. The fourth-order valence-electron chi connectivity index (χ4n) is 5.43. The van der Waals surface area contributed by atoms with Crippen LogP contribution in [0.2, 0.25) is 5.02 Å². The molecule has 0 amide bonds. The standard InChI is InChI=1S/C35H29ClN2O5S/c1-4-42-34(40)30-21(2)37-35-38(31(30)24-12-6-5-7-13-24)33(39)29(44-35)19-22-17-27(36)32(28(18-22)41-3)43-20-25-15-10-14-23-11-8-9-16-26(23)25/h5-19,31H,4,20H2,1-3H3/b29-19+/t31-/m1/s1. The maximum absolute atomic E-state index is 13.9. The normalized spacial score (nSPS) is 14.7. The Hall–Kier alpha value is -4.66. The van der Waals surface area contributed by atoms with Crippen LogP contribution in [0.1, 0.15) is 36.6 Å². The van der Waals surface area contributed by atoms with Gasteiger partial charge in [-0.1, -0.05) is 95.7 Å². The summed E-state index contributed by atoms with van der Waals surface area (Å²) in [6.07, 6.45) is 1.75. The van der Waals surface area contributed by atoms with E-state index in [1.807, 2.05) is 54.6 Å². The first-order chi connectivity index (χ1) is 21.4. The van der Waals surface area contributed by atoms with Crippen molar-refractivity contribution in [3.05, 3.63) is 138 Å². The van der Waals surface area contributed by atoms with E-state index in [9.17, 15) is 9.59 Å². The number of aromatic nitrogens is 1. The van der Waals surface area contributed by atoms with Crippen molar-refractivity contribution >= 4 is 45.8 Å². The summed E-state index contributed by atoms with van der Waals surface area (Å²) in [5.41, 5.74) is 3.05. The second kappa shape index (κ2) is 12.5. The molecule has 7 nitrogen and oxygen atoms in total. The minimum absolute atomic E-state index is 0.214. The Kier molecular flexibility index (Phi) is 8.37. The highest BCUT2D eigenvalue weighted by Crippen LogP contribution is 2.38. The molecule has 6 rings (SSSR count). The number of esters is 1. The molecule has 1 aliphatic rings. The van der Waals surface area contributed by atoms with Gasteiger partial charge >= 0.3 is 5.97 Å². The zero-order valence-corrected chi connectivity index (χ0v) is 25.9. The highest BCUT2D eigenvalue weighted by atomic mass is 35.5. The maximum atomic E-state index is 13.9. The molecule has 0 aliphatic carbocycles. The second-order valence-electron chi connectivity index (χ2n) is 10.2. The molecule has 1 aliphatic heterocycles. The Balaban J connectivity index is 1.39. The van der Waals surface area contributed by atoms with Gasteiger partial charge in [-0.05, 0) is 59.5 Å². The van der Waals surface area contributed by atoms with E-state index in [1.54, 1.807) is 43.7 Å². The lowest BCUT2D eigenvalue weighted by Gasteiger charge is -2.24. The predicted octanol–water partition coefficient (Wildman–Crippen LogP) is 6.19. The van der Waals surface area contributed by atoms with E-state index in [-0.39, 0.29) is 12.2 Å². The summed E-state index contributed by atoms with van der Waals surface area (Å²) in [7, 11) is 1.55. The van der Waals surface area contributed by atoms with Crippen LogP contribution in [0.4, 0.5) is 0 Å². The minimum atomic E-state index is -0.670. The molecule has 0 bridgehead atoms. The van der Waals surface area contributed by atoms with Gasteiger partial charge < -0.3 is 14.2 Å². The molecule has 4 aromatic carbocycles. The van der Waals surface area contributed by atoms with Crippen molar-refractivity contribution in [2.45, 2.75) is 26.5 Å². The lowest BCUT2D eigenvalue weighted by Crippen LogP contribution is -2.39. The number of benzene rings is 4. The fourth-order valence-corrected chi connectivity index (χ4v) is 6.75. The number of halogens is 1. The first-order valence-electron chi connectivity index (χ1n) is 14.1. The van der Waals surface area contributed by atoms with E-state index in [2.05, 4.69) is 23.2 Å². The van der Waals surface area contributed by atoms with Crippen LogP contribution in [0.25, 0.3) is 16.8 Å². The molecule has 44 heavy (non-hydrogen) atoms. The molecule has 9 heteroatoms. The average Bonchev–Trinajstić information content (AvgIpc) is 3.33. The van der Waals surface area contributed by atoms with Crippen LogP contribution in [0, 0.1) is 0 Å². The third-order valence-electron chi connectivity index (χ3n) is 7.43. The van der Waals surface area contributed by atoms with Crippen molar-refractivity contribution in [2.75, 3.05) is 13.7 Å². The summed E-state index contributed by atoms with van der Waals surface area (Å²) < 4.78 is 19.2. The Morgan fingerprint density at radius 3 is 2.57 bits per heavy atom. The molecule has 0 saturated carbocycles. The van der Waals surface area contributed by atoms with Gasteiger partial charge in [0.2, 0.25) is 0 Å². The van der Waals surface area contributed by atoms with Gasteiger partial charge in [0.1, 0.15) is 6.61 Å². The van der Waals surface area contributed by atoms with Gasteiger partial charge in [-0.15, -0.1) is 0 Å². The summed E-state index contributed by atoms with van der Waals surface area (Å²) in [6, 6.07) is 26.5. The van der Waals surface area contributed by atoms with Crippen LogP contribution in [-0.4, -0.2) is 24.3 Å². The number of carbonyl (C=O) groups is 1. The summed E-state index contributed by atoms with van der Waals surface area (Å²) in [5, 5.41) is 2.58. The maximum Gasteiger partial charge on any atom is 0.338 e. The smallest absolute Gasteiger partial charge is 0.338 e. The number of rotatable bonds is 8. The number of hydrogen-bond donors (Lipinski definition) is 0. The molecule has 0 unspecified atom stereocenters. The molecule has 0 fully saturated rings. The molecule has 1 aromatic heterocycles. The van der Waals surface area contributed by atoms with Crippen LogP contribution in [0.15, 0.2) is 106 Å². The van der Waals surface area contributed by atoms with Crippen LogP contribution < -0.4 is 24.4 Å². The van der Waals surface area contributed by atoms with Gasteiger partial charge in [-0.25, -0.2) is 9.79 Å². The number of allylic oxidation sites excluding steroid dienone is 1. The first-order valence-corrected chi connectivity index (χ1v) is 15.3. The Morgan fingerprint density at radius 1 is 1.05 bits per heavy atom. The molecule has 2 heterocycles. The Bertz CT molecular complexity index is 2090. The molecular formula is C35H29ClN2O5S. The zero-order valence-electron chi connectivity index (χ0n) is 24.4. The molecule has 0 radical (unpaired) electrons. The van der Waals surface area contributed by atoms with Gasteiger partial charge in [0.15, 0.2) is 16.3 Å². The second-order valence-corrected chi connectivity index (χ2v) is 11.6. The third-order valence-corrected chi connectivity index (χ3v) is 8.70. The zero-order chi connectivity index (χ0) is 30.8. The summed E-state index contributed by atoms with van der Waals surface area (Å²) >= 11 is 7.97. The van der Waals surface area contributed by atoms with E-state index in [0.717, 1.165) is 21.9 Å². The van der Waals surface area contributed by atoms with E-state index < -0.39 is 12.0 Å². The largest absolute Gasteiger partial charge is 0.493 e. The quantitative estimate of drug-likeness (QED) is 0.192. The lowest BCUT2D eigenvalue weighted by molar-refractivity contribution is -0.139. The van der Waals surface area contributed by atoms with Crippen molar-refractivity contribution in [2.24, 2.45) is 4.99 Å². The SMILES string of the molecule is CCOC(=O)C1=C(C)N=c2s/c(=C/c3cc(Cl)c(OCc4cccc5ccccc45)c(OC)c3)c(=O)n2[C@@H]1c1ccccc1. The van der Waals surface area contributed by atoms with Gasteiger partial charge in [0.25, 0.3) is 5.56 Å². The molecule has 222 valence electrons. The summed E-state index contributed by atoms with van der Waals surface area (Å²) in [4.78, 5) is 32.1. The van der Waals surface area contributed by atoms with E-state index in [0.29, 0.717) is 49.3 Å². The Labute approximate surface area is 262 Å². The first kappa shape index (κ1) is 29.4. The van der Waals surface area contributed by atoms with Crippen LogP contribution in [0.3, 0.4) is 0 Å². The van der Waals surface area contributed by atoms with Crippen LogP contribution in [0.5, 0.6) is 11.5 Å². The molecule has 0 spiro atoms. The van der Waals surface area contributed by atoms with Crippen LogP contribution in [-0.2, 0) is 16.1 Å². The number of thiazole rings is 1. The molecule has 0 saturated heterocycles. The molecule has 5 aromatic rings. The Morgan fingerprint density at radius 2 is 1.80 bits per heavy atom. The highest BCUT2D eigenvalue weighted by Gasteiger charge is 2.33. The van der Waals surface area contributed by atoms with Gasteiger partial charge in [-0.2, -0.15) is 0 Å². The van der Waals surface area contributed by atoms with Gasteiger partial charge in [-0.3, -0.25) is 9.36 Å². The fraction of sp³-hybridized carbons (Fsp3) is 0.171. The van der Waals surface area contributed by atoms with E-state index >= 15 is 0 Å².